The van der Waals surface area contributed by atoms with Gasteiger partial charge in [-0.25, -0.2) is 4.39 Å². The summed E-state index contributed by atoms with van der Waals surface area (Å²) in [6.07, 6.45) is -4.79. The monoisotopic (exact) mass is 310 g/mol. The molecule has 8 heteroatoms. The molecule has 0 radical (unpaired) electrons. The van der Waals surface area contributed by atoms with Gasteiger partial charge in [0.05, 0.1) is 5.56 Å². The third kappa shape index (κ3) is 2.96. The highest BCUT2D eigenvalue weighted by molar-refractivity contribution is 6.33. The van der Waals surface area contributed by atoms with Gasteiger partial charge in [0.15, 0.2) is 10.3 Å². The molecule has 2 aromatic rings. The van der Waals surface area contributed by atoms with Gasteiger partial charge in [-0.05, 0) is 23.8 Å². The maximum absolute atomic E-state index is 13.2. The van der Waals surface area contributed by atoms with Gasteiger partial charge in [-0.15, -0.1) is 10.2 Å². The van der Waals surface area contributed by atoms with Crippen molar-refractivity contribution in [1.82, 2.24) is 10.2 Å². The van der Waals surface area contributed by atoms with E-state index in [1.54, 1.807) is 0 Å². The van der Waals surface area contributed by atoms with Crippen molar-refractivity contribution in [2.75, 3.05) is 0 Å². The van der Waals surface area contributed by atoms with Gasteiger partial charge in [0.2, 0.25) is 0 Å². The molecule has 0 saturated carbocycles. The summed E-state index contributed by atoms with van der Waals surface area (Å²) < 4.78 is 50.9. The Hall–Kier alpha value is -1.40. The zero-order chi connectivity index (χ0) is 14.2. The second-order valence-electron chi connectivity index (χ2n) is 3.56. The van der Waals surface area contributed by atoms with E-state index in [9.17, 15) is 17.6 Å². The molecule has 0 spiro atoms. The highest BCUT2D eigenvalue weighted by atomic mass is 35.5. The lowest BCUT2D eigenvalue weighted by atomic mass is 10.0. The molecular formula is C11H4Cl2F4N2. The molecule has 0 amide bonds. The van der Waals surface area contributed by atoms with Crippen LogP contribution in [-0.4, -0.2) is 10.2 Å². The van der Waals surface area contributed by atoms with Crippen LogP contribution in [0.5, 0.6) is 0 Å². The van der Waals surface area contributed by atoms with Crippen LogP contribution in [0.4, 0.5) is 17.6 Å². The van der Waals surface area contributed by atoms with Crippen molar-refractivity contribution in [2.24, 2.45) is 0 Å². The Balaban J connectivity index is 2.61. The molecule has 0 atom stereocenters. The minimum absolute atomic E-state index is 0.0303. The molecule has 0 fully saturated rings. The van der Waals surface area contributed by atoms with E-state index in [1.807, 2.05) is 0 Å². The van der Waals surface area contributed by atoms with E-state index in [2.05, 4.69) is 10.2 Å². The second-order valence-corrected chi connectivity index (χ2v) is 4.31. The molecule has 1 heterocycles. The van der Waals surface area contributed by atoms with E-state index in [1.165, 1.54) is 6.07 Å². The summed E-state index contributed by atoms with van der Waals surface area (Å²) in [5.41, 5.74) is -1.18. The van der Waals surface area contributed by atoms with Gasteiger partial charge in [-0.1, -0.05) is 29.3 Å². The van der Waals surface area contributed by atoms with Crippen LogP contribution < -0.4 is 0 Å². The summed E-state index contributed by atoms with van der Waals surface area (Å²) in [6.45, 7) is 0. The topological polar surface area (TPSA) is 25.8 Å². The first-order chi connectivity index (χ1) is 8.79. The van der Waals surface area contributed by atoms with Crippen molar-refractivity contribution in [1.29, 1.82) is 0 Å². The number of halogens is 6. The summed E-state index contributed by atoms with van der Waals surface area (Å²) in [6, 6.07) is 3.77. The average molecular weight is 311 g/mol. The molecule has 0 saturated heterocycles. The standard InChI is InChI=1S/C11H4Cl2F4N2/c12-9-4-6(10(13)19-18-9)5-1-2-8(14)7(3-5)11(15,16)17/h1-4H. The van der Waals surface area contributed by atoms with E-state index in [0.717, 1.165) is 6.07 Å². The third-order valence-corrected chi connectivity index (χ3v) is 2.77. The first-order valence-corrected chi connectivity index (χ1v) is 5.60. The van der Waals surface area contributed by atoms with E-state index in [4.69, 9.17) is 23.2 Å². The molecule has 0 unspecified atom stereocenters. The van der Waals surface area contributed by atoms with Gasteiger partial charge < -0.3 is 0 Å². The zero-order valence-corrected chi connectivity index (χ0v) is 10.5. The molecule has 0 N–H and O–H groups in total. The van der Waals surface area contributed by atoms with Crippen molar-refractivity contribution < 1.29 is 17.6 Å². The van der Waals surface area contributed by atoms with Gasteiger partial charge in [-0.3, -0.25) is 0 Å². The predicted octanol–water partition coefficient (Wildman–Crippen LogP) is 4.61. The molecule has 0 aliphatic heterocycles. The molecule has 2 nitrogen and oxygen atoms in total. The van der Waals surface area contributed by atoms with E-state index >= 15 is 0 Å². The Morgan fingerprint density at radius 3 is 2.32 bits per heavy atom. The fourth-order valence-corrected chi connectivity index (χ4v) is 1.81. The van der Waals surface area contributed by atoms with Crippen molar-refractivity contribution in [3.8, 4) is 11.1 Å². The smallest absolute Gasteiger partial charge is 0.206 e. The Morgan fingerprint density at radius 2 is 1.68 bits per heavy atom. The highest BCUT2D eigenvalue weighted by Gasteiger charge is 2.34. The average Bonchev–Trinajstić information content (AvgIpc) is 2.31. The largest absolute Gasteiger partial charge is 0.419 e. The molecule has 1 aromatic carbocycles. The van der Waals surface area contributed by atoms with Gasteiger partial charge in [0, 0.05) is 5.56 Å². The van der Waals surface area contributed by atoms with Crippen LogP contribution in [0.2, 0.25) is 10.3 Å². The molecule has 1 aromatic heterocycles. The molecule has 0 aliphatic carbocycles. The molecular weight excluding hydrogens is 307 g/mol. The summed E-state index contributed by atoms with van der Waals surface area (Å²) >= 11 is 11.3. The molecule has 100 valence electrons. The van der Waals surface area contributed by atoms with Gasteiger partial charge >= 0.3 is 6.18 Å². The lowest BCUT2D eigenvalue weighted by Gasteiger charge is -2.10. The van der Waals surface area contributed by atoms with Crippen LogP contribution in [0.1, 0.15) is 5.56 Å². The van der Waals surface area contributed by atoms with Crippen LogP contribution in [-0.2, 0) is 6.18 Å². The normalized spacial score (nSPS) is 11.7. The summed E-state index contributed by atoms with van der Waals surface area (Å²) in [4.78, 5) is 0. The Kier molecular flexibility index (Phi) is 3.64. The number of aromatic nitrogens is 2. The quantitative estimate of drug-likeness (QED) is 0.719. The van der Waals surface area contributed by atoms with Crippen LogP contribution in [0.15, 0.2) is 24.3 Å². The number of alkyl halides is 3. The molecule has 2 rings (SSSR count). The van der Waals surface area contributed by atoms with E-state index in [-0.39, 0.29) is 21.4 Å². The summed E-state index contributed by atoms with van der Waals surface area (Å²) in [5, 5.41) is 6.77. The van der Waals surface area contributed by atoms with Gasteiger partial charge in [0.25, 0.3) is 0 Å². The Bertz CT molecular complexity index is 629. The predicted molar refractivity (Wildman–Crippen MR) is 62.4 cm³/mol. The van der Waals surface area contributed by atoms with Crippen molar-refractivity contribution in [3.05, 3.63) is 46.0 Å². The van der Waals surface area contributed by atoms with Crippen molar-refractivity contribution in [2.45, 2.75) is 6.18 Å². The van der Waals surface area contributed by atoms with Crippen molar-refractivity contribution in [3.63, 3.8) is 0 Å². The van der Waals surface area contributed by atoms with Crippen LogP contribution >= 0.6 is 23.2 Å². The van der Waals surface area contributed by atoms with Crippen LogP contribution in [0.3, 0.4) is 0 Å². The minimum atomic E-state index is -4.79. The van der Waals surface area contributed by atoms with E-state index in [0.29, 0.717) is 12.1 Å². The lowest BCUT2D eigenvalue weighted by Crippen LogP contribution is -2.08. The number of nitrogens with zero attached hydrogens (tertiary/aromatic N) is 2. The maximum Gasteiger partial charge on any atom is 0.419 e. The number of hydrogen-bond donors (Lipinski definition) is 0. The minimum Gasteiger partial charge on any atom is -0.206 e. The van der Waals surface area contributed by atoms with E-state index < -0.39 is 17.6 Å². The van der Waals surface area contributed by atoms with Crippen LogP contribution in [0, 0.1) is 5.82 Å². The fourth-order valence-electron chi connectivity index (χ4n) is 1.47. The third-order valence-electron chi connectivity index (χ3n) is 2.30. The highest BCUT2D eigenvalue weighted by Crippen LogP contribution is 2.35. The second kappa shape index (κ2) is 4.94. The fraction of sp³-hybridized carbons (Fsp3) is 0.0909. The number of rotatable bonds is 1. The van der Waals surface area contributed by atoms with Gasteiger partial charge in [-0.2, -0.15) is 13.2 Å². The molecule has 0 bridgehead atoms. The Labute approximate surface area is 115 Å². The Morgan fingerprint density at radius 1 is 1.00 bits per heavy atom. The maximum atomic E-state index is 13.2. The van der Waals surface area contributed by atoms with Gasteiger partial charge in [0.1, 0.15) is 5.82 Å². The SMILES string of the molecule is Fc1ccc(-c2cc(Cl)nnc2Cl)cc1C(F)(F)F. The molecule has 19 heavy (non-hydrogen) atoms. The summed E-state index contributed by atoms with van der Waals surface area (Å²) in [7, 11) is 0. The van der Waals surface area contributed by atoms with Crippen molar-refractivity contribution >= 4 is 23.2 Å². The molecule has 0 aliphatic rings. The first-order valence-electron chi connectivity index (χ1n) is 4.85. The van der Waals surface area contributed by atoms with Crippen LogP contribution in [0.25, 0.3) is 11.1 Å². The first kappa shape index (κ1) is 14.0. The zero-order valence-electron chi connectivity index (χ0n) is 8.97. The number of hydrogen-bond acceptors (Lipinski definition) is 2. The lowest BCUT2D eigenvalue weighted by molar-refractivity contribution is -0.139. The number of benzene rings is 1. The summed E-state index contributed by atoms with van der Waals surface area (Å²) in [5.74, 6) is -1.36.